The lowest BCUT2D eigenvalue weighted by Crippen LogP contribution is -2.52. The standard InChI is InChI=1S/C30H30N4O4/c35-27-13-11-25(28(36)32-27)34-19-24-23(29(34)37)10-12-26(31-24)30(38)14-16-33(17-15-30)18-20-6-8-22(9-7-20)21-4-2-1-3-5-21/h1-10,12,25,38H,11,13-19H2,(H,32,35,36). The zero-order valence-corrected chi connectivity index (χ0v) is 21.1. The average Bonchev–Trinajstić information content (AvgIpc) is 3.26. The molecule has 3 aliphatic heterocycles. The summed E-state index contributed by atoms with van der Waals surface area (Å²) in [5, 5.41) is 13.8. The molecule has 6 rings (SSSR count). The molecule has 4 heterocycles. The molecule has 3 aliphatic rings. The van der Waals surface area contributed by atoms with Gasteiger partial charge in [-0.15, -0.1) is 0 Å². The van der Waals surface area contributed by atoms with Gasteiger partial charge < -0.3 is 10.0 Å². The molecule has 2 aromatic carbocycles. The minimum absolute atomic E-state index is 0.204. The van der Waals surface area contributed by atoms with Crippen molar-refractivity contribution >= 4 is 17.7 Å². The van der Waals surface area contributed by atoms with Crippen molar-refractivity contribution in [3.05, 3.63) is 89.2 Å². The van der Waals surface area contributed by atoms with Crippen molar-refractivity contribution < 1.29 is 19.5 Å². The Morgan fingerprint density at radius 3 is 2.34 bits per heavy atom. The SMILES string of the molecule is O=C1CCC(N2Cc3nc(C4(O)CCN(Cc5ccc(-c6ccccc6)cc5)CC4)ccc3C2=O)C(=O)N1. The monoisotopic (exact) mass is 510 g/mol. The van der Waals surface area contributed by atoms with E-state index in [-0.39, 0.29) is 24.8 Å². The molecular formula is C30H30N4O4. The van der Waals surface area contributed by atoms with Crippen LogP contribution in [-0.4, -0.2) is 56.7 Å². The van der Waals surface area contributed by atoms with Crippen molar-refractivity contribution in [2.24, 2.45) is 0 Å². The highest BCUT2D eigenvalue weighted by Gasteiger charge is 2.41. The topological polar surface area (TPSA) is 103 Å². The van der Waals surface area contributed by atoms with Crippen LogP contribution in [0.4, 0.5) is 0 Å². The van der Waals surface area contributed by atoms with Gasteiger partial charge in [0.15, 0.2) is 0 Å². The molecule has 194 valence electrons. The maximum absolute atomic E-state index is 13.0. The number of pyridine rings is 1. The number of carbonyl (C=O) groups is 3. The Morgan fingerprint density at radius 1 is 0.921 bits per heavy atom. The molecule has 0 spiro atoms. The third-order valence-electron chi connectivity index (χ3n) is 8.00. The summed E-state index contributed by atoms with van der Waals surface area (Å²) < 4.78 is 0. The van der Waals surface area contributed by atoms with E-state index in [4.69, 9.17) is 4.98 Å². The number of fused-ring (bicyclic) bond motifs is 1. The molecule has 8 heteroatoms. The Kier molecular flexibility index (Phi) is 6.29. The molecule has 2 saturated heterocycles. The predicted octanol–water partition coefficient (Wildman–Crippen LogP) is 2.99. The van der Waals surface area contributed by atoms with E-state index in [0.717, 1.165) is 19.6 Å². The van der Waals surface area contributed by atoms with Gasteiger partial charge in [-0.3, -0.25) is 29.6 Å². The molecule has 1 unspecified atom stereocenters. The van der Waals surface area contributed by atoms with Crippen LogP contribution in [-0.2, 0) is 28.3 Å². The second-order valence-electron chi connectivity index (χ2n) is 10.5. The number of carbonyl (C=O) groups excluding carboxylic acids is 3. The normalized spacial score (nSPS) is 21.3. The zero-order chi connectivity index (χ0) is 26.3. The minimum Gasteiger partial charge on any atom is -0.383 e. The number of aromatic nitrogens is 1. The van der Waals surface area contributed by atoms with Crippen LogP contribution in [0.15, 0.2) is 66.7 Å². The molecular weight excluding hydrogens is 480 g/mol. The number of hydrogen-bond donors (Lipinski definition) is 2. The number of piperidine rings is 2. The van der Waals surface area contributed by atoms with Crippen molar-refractivity contribution in [1.29, 1.82) is 0 Å². The Bertz CT molecular complexity index is 1380. The maximum Gasteiger partial charge on any atom is 0.256 e. The van der Waals surface area contributed by atoms with Gasteiger partial charge in [-0.05, 0) is 48.1 Å². The second-order valence-corrected chi connectivity index (χ2v) is 10.5. The Labute approximate surface area is 221 Å². The number of hydrogen-bond acceptors (Lipinski definition) is 6. The van der Waals surface area contributed by atoms with Gasteiger partial charge in [0.05, 0.1) is 23.5 Å². The highest BCUT2D eigenvalue weighted by molar-refractivity contribution is 6.05. The van der Waals surface area contributed by atoms with Crippen LogP contribution >= 0.6 is 0 Å². The van der Waals surface area contributed by atoms with Crippen molar-refractivity contribution in [2.45, 2.75) is 50.4 Å². The number of imide groups is 1. The third kappa shape index (κ3) is 4.61. The van der Waals surface area contributed by atoms with Gasteiger partial charge in [0.2, 0.25) is 11.8 Å². The lowest BCUT2D eigenvalue weighted by molar-refractivity contribution is -0.136. The molecule has 1 atom stereocenters. The number of rotatable bonds is 5. The lowest BCUT2D eigenvalue weighted by Gasteiger charge is -2.38. The fourth-order valence-electron chi connectivity index (χ4n) is 5.72. The van der Waals surface area contributed by atoms with Gasteiger partial charge in [0.25, 0.3) is 5.91 Å². The fourth-order valence-corrected chi connectivity index (χ4v) is 5.72. The van der Waals surface area contributed by atoms with Crippen LogP contribution in [0.5, 0.6) is 0 Å². The van der Waals surface area contributed by atoms with Crippen LogP contribution in [0.2, 0.25) is 0 Å². The largest absolute Gasteiger partial charge is 0.383 e. The minimum atomic E-state index is -1.06. The Hall–Kier alpha value is -3.88. The predicted molar refractivity (Wildman–Crippen MR) is 141 cm³/mol. The maximum atomic E-state index is 13.0. The highest BCUT2D eigenvalue weighted by atomic mass is 16.3. The summed E-state index contributed by atoms with van der Waals surface area (Å²) in [5.41, 5.74) is 4.17. The quantitative estimate of drug-likeness (QED) is 0.512. The van der Waals surface area contributed by atoms with Crippen LogP contribution in [0.3, 0.4) is 0 Å². The van der Waals surface area contributed by atoms with Crippen LogP contribution in [0.1, 0.15) is 53.0 Å². The fraction of sp³-hybridized carbons (Fsp3) is 0.333. The van der Waals surface area contributed by atoms with E-state index in [9.17, 15) is 19.5 Å². The molecule has 0 saturated carbocycles. The summed E-state index contributed by atoms with van der Waals surface area (Å²) in [6.45, 7) is 2.49. The number of likely N-dealkylation sites (tertiary alicyclic amines) is 1. The first-order valence-corrected chi connectivity index (χ1v) is 13.1. The molecule has 2 fully saturated rings. The lowest BCUT2D eigenvalue weighted by atomic mass is 9.87. The summed E-state index contributed by atoms with van der Waals surface area (Å²) in [6.07, 6.45) is 1.62. The van der Waals surface area contributed by atoms with Crippen molar-refractivity contribution in [3.63, 3.8) is 0 Å². The van der Waals surface area contributed by atoms with E-state index >= 15 is 0 Å². The molecule has 0 radical (unpaired) electrons. The van der Waals surface area contributed by atoms with Gasteiger partial charge in [-0.2, -0.15) is 0 Å². The van der Waals surface area contributed by atoms with Gasteiger partial charge in [0, 0.05) is 26.1 Å². The average molecular weight is 511 g/mol. The third-order valence-corrected chi connectivity index (χ3v) is 8.00. The van der Waals surface area contributed by atoms with Crippen LogP contribution in [0, 0.1) is 0 Å². The number of amides is 3. The van der Waals surface area contributed by atoms with E-state index in [1.807, 2.05) is 18.2 Å². The number of nitrogens with one attached hydrogen (secondary N) is 1. The first-order chi connectivity index (χ1) is 18.4. The van der Waals surface area contributed by atoms with Crippen molar-refractivity contribution in [3.8, 4) is 11.1 Å². The molecule has 1 aromatic heterocycles. The number of nitrogens with zero attached hydrogens (tertiary/aromatic N) is 3. The van der Waals surface area contributed by atoms with E-state index < -0.39 is 17.6 Å². The van der Waals surface area contributed by atoms with Gasteiger partial charge in [0.1, 0.15) is 11.6 Å². The van der Waals surface area contributed by atoms with Crippen molar-refractivity contribution in [2.75, 3.05) is 13.1 Å². The highest BCUT2D eigenvalue weighted by Crippen LogP contribution is 2.35. The van der Waals surface area contributed by atoms with E-state index in [0.29, 0.717) is 36.2 Å². The van der Waals surface area contributed by atoms with Gasteiger partial charge in [-0.25, -0.2) is 0 Å². The summed E-state index contributed by atoms with van der Waals surface area (Å²) in [7, 11) is 0. The van der Waals surface area contributed by atoms with Gasteiger partial charge in [-0.1, -0.05) is 54.6 Å². The molecule has 3 amide bonds. The molecule has 8 nitrogen and oxygen atoms in total. The molecule has 3 aromatic rings. The Morgan fingerprint density at radius 2 is 1.63 bits per heavy atom. The zero-order valence-electron chi connectivity index (χ0n) is 21.1. The molecule has 0 bridgehead atoms. The summed E-state index contributed by atoms with van der Waals surface area (Å²) in [6, 6.07) is 21.7. The molecule has 0 aliphatic carbocycles. The first kappa shape index (κ1) is 24.5. The van der Waals surface area contributed by atoms with Crippen molar-refractivity contribution in [1.82, 2.24) is 20.1 Å². The smallest absolute Gasteiger partial charge is 0.256 e. The molecule has 38 heavy (non-hydrogen) atoms. The van der Waals surface area contributed by atoms with Gasteiger partial charge >= 0.3 is 0 Å². The van der Waals surface area contributed by atoms with E-state index in [2.05, 4.69) is 46.6 Å². The second kappa shape index (κ2) is 9.78. The number of aliphatic hydroxyl groups is 1. The van der Waals surface area contributed by atoms with Crippen LogP contribution in [0.25, 0.3) is 11.1 Å². The van der Waals surface area contributed by atoms with E-state index in [1.165, 1.54) is 21.6 Å². The van der Waals surface area contributed by atoms with Crippen LogP contribution < -0.4 is 5.32 Å². The first-order valence-electron chi connectivity index (χ1n) is 13.1. The number of benzene rings is 2. The summed E-state index contributed by atoms with van der Waals surface area (Å²) in [4.78, 5) is 45.3. The summed E-state index contributed by atoms with van der Waals surface area (Å²) >= 11 is 0. The Balaban J connectivity index is 1.09. The molecule has 2 N–H and O–H groups in total. The van der Waals surface area contributed by atoms with E-state index in [1.54, 1.807) is 12.1 Å². The summed E-state index contributed by atoms with van der Waals surface area (Å²) in [5.74, 6) is -1.01.